The Labute approximate surface area is 126 Å². The molecule has 1 aromatic heterocycles. The van der Waals surface area contributed by atoms with Crippen molar-refractivity contribution in [3.05, 3.63) is 42.5 Å². The lowest BCUT2D eigenvalue weighted by molar-refractivity contribution is 0.262. The van der Waals surface area contributed by atoms with Gasteiger partial charge in [0, 0.05) is 18.4 Å². The van der Waals surface area contributed by atoms with Gasteiger partial charge in [-0.05, 0) is 42.5 Å². The third-order valence-electron chi connectivity index (χ3n) is 3.22. The molecule has 2 aromatic carbocycles. The van der Waals surface area contributed by atoms with Crippen molar-refractivity contribution in [1.82, 2.24) is 15.0 Å². The molecule has 0 saturated heterocycles. The molecule has 0 saturated carbocycles. The number of benzene rings is 2. The lowest BCUT2D eigenvalue weighted by Gasteiger charge is -2.08. The summed E-state index contributed by atoms with van der Waals surface area (Å²) < 4.78 is 6.75. The average Bonchev–Trinajstić information content (AvgIpc) is 2.89. The number of fused-ring (bicyclic) bond motifs is 1. The normalized spacial score (nSPS) is 10.5. The summed E-state index contributed by atoms with van der Waals surface area (Å²) in [6.07, 6.45) is 0. The number of nitrogens with zero attached hydrogens (tertiary/aromatic N) is 3. The molecule has 112 valence electrons. The van der Waals surface area contributed by atoms with Gasteiger partial charge in [0.1, 0.15) is 11.3 Å². The molecule has 0 bridgehead atoms. The van der Waals surface area contributed by atoms with Crippen LogP contribution in [0.25, 0.3) is 11.0 Å². The summed E-state index contributed by atoms with van der Waals surface area (Å²) in [6.45, 7) is 0. The fraction of sp³-hybridized carbons (Fsp3) is 0.133. The second-order valence-electron chi connectivity index (χ2n) is 4.72. The fourth-order valence-corrected chi connectivity index (χ4v) is 2.09. The predicted octanol–water partition coefficient (Wildman–Crippen LogP) is 2.62. The van der Waals surface area contributed by atoms with E-state index in [0.29, 0.717) is 11.4 Å². The lowest BCUT2D eigenvalue weighted by Crippen LogP contribution is -2.19. The Balaban J connectivity index is 1.69. The second-order valence-corrected chi connectivity index (χ2v) is 4.72. The van der Waals surface area contributed by atoms with Crippen molar-refractivity contribution in [2.75, 3.05) is 17.7 Å². The highest BCUT2D eigenvalue weighted by atomic mass is 16.5. The number of hydrogen-bond donors (Lipinski definition) is 2. The Morgan fingerprint density at radius 2 is 1.77 bits per heavy atom. The zero-order chi connectivity index (χ0) is 15.5. The monoisotopic (exact) mass is 297 g/mol. The van der Waals surface area contributed by atoms with Crippen LogP contribution < -0.4 is 15.4 Å². The van der Waals surface area contributed by atoms with Crippen molar-refractivity contribution in [2.45, 2.75) is 0 Å². The van der Waals surface area contributed by atoms with E-state index in [1.807, 2.05) is 13.1 Å². The molecule has 0 aliphatic heterocycles. The van der Waals surface area contributed by atoms with E-state index in [4.69, 9.17) is 4.74 Å². The van der Waals surface area contributed by atoms with Gasteiger partial charge in [-0.2, -0.15) is 0 Å². The molecule has 0 aliphatic rings. The molecule has 1 heterocycles. The predicted molar refractivity (Wildman–Crippen MR) is 84.1 cm³/mol. The number of urea groups is 1. The van der Waals surface area contributed by atoms with E-state index in [0.717, 1.165) is 16.8 Å². The molecule has 0 aliphatic carbocycles. The Morgan fingerprint density at radius 3 is 2.50 bits per heavy atom. The molecule has 7 nitrogen and oxygen atoms in total. The summed E-state index contributed by atoms with van der Waals surface area (Å²) in [7, 11) is 3.41. The number of ether oxygens (including phenoxy) is 1. The van der Waals surface area contributed by atoms with Crippen LogP contribution in [-0.4, -0.2) is 28.1 Å². The van der Waals surface area contributed by atoms with Gasteiger partial charge in [-0.15, -0.1) is 5.10 Å². The van der Waals surface area contributed by atoms with Crippen LogP contribution in [0.2, 0.25) is 0 Å². The third kappa shape index (κ3) is 2.83. The first kappa shape index (κ1) is 13.9. The van der Waals surface area contributed by atoms with Gasteiger partial charge >= 0.3 is 6.03 Å². The number of aromatic nitrogens is 3. The average molecular weight is 297 g/mol. The van der Waals surface area contributed by atoms with Crippen LogP contribution in [0, 0.1) is 0 Å². The van der Waals surface area contributed by atoms with Crippen LogP contribution in [0.15, 0.2) is 42.5 Å². The maximum absolute atomic E-state index is 12.0. The maximum atomic E-state index is 12.0. The number of carbonyl (C=O) groups is 1. The summed E-state index contributed by atoms with van der Waals surface area (Å²) >= 11 is 0. The minimum atomic E-state index is -0.326. The molecular weight excluding hydrogens is 282 g/mol. The number of rotatable bonds is 3. The summed E-state index contributed by atoms with van der Waals surface area (Å²) in [5.41, 5.74) is 2.96. The molecule has 3 rings (SSSR count). The van der Waals surface area contributed by atoms with E-state index in [2.05, 4.69) is 20.9 Å². The number of anilines is 2. The van der Waals surface area contributed by atoms with E-state index >= 15 is 0 Å². The molecule has 2 N–H and O–H groups in total. The minimum Gasteiger partial charge on any atom is -0.497 e. The van der Waals surface area contributed by atoms with Crippen molar-refractivity contribution in [2.24, 2.45) is 7.05 Å². The van der Waals surface area contributed by atoms with E-state index in [1.54, 1.807) is 48.2 Å². The first-order chi connectivity index (χ1) is 10.7. The largest absolute Gasteiger partial charge is 0.497 e. The van der Waals surface area contributed by atoms with E-state index < -0.39 is 0 Å². The number of amides is 2. The summed E-state index contributed by atoms with van der Waals surface area (Å²) in [5.74, 6) is 0.735. The fourth-order valence-electron chi connectivity index (χ4n) is 2.09. The van der Waals surface area contributed by atoms with Gasteiger partial charge in [-0.1, -0.05) is 5.21 Å². The molecule has 0 radical (unpaired) electrons. The van der Waals surface area contributed by atoms with Gasteiger partial charge in [0.25, 0.3) is 0 Å². The van der Waals surface area contributed by atoms with E-state index in [1.165, 1.54) is 0 Å². The van der Waals surface area contributed by atoms with Crippen molar-refractivity contribution in [3.8, 4) is 5.75 Å². The summed E-state index contributed by atoms with van der Waals surface area (Å²) in [6, 6.07) is 12.2. The number of methoxy groups -OCH3 is 1. The van der Waals surface area contributed by atoms with Gasteiger partial charge in [0.05, 0.1) is 12.6 Å². The maximum Gasteiger partial charge on any atom is 0.323 e. The molecule has 0 atom stereocenters. The van der Waals surface area contributed by atoms with E-state index in [-0.39, 0.29) is 6.03 Å². The van der Waals surface area contributed by atoms with Crippen LogP contribution in [0.5, 0.6) is 5.75 Å². The molecule has 0 fully saturated rings. The van der Waals surface area contributed by atoms with Gasteiger partial charge in [0.15, 0.2) is 0 Å². The van der Waals surface area contributed by atoms with Crippen molar-refractivity contribution in [1.29, 1.82) is 0 Å². The third-order valence-corrected chi connectivity index (χ3v) is 3.22. The Hall–Kier alpha value is -3.09. The quantitative estimate of drug-likeness (QED) is 0.778. The van der Waals surface area contributed by atoms with Crippen molar-refractivity contribution >= 4 is 28.4 Å². The van der Waals surface area contributed by atoms with Crippen LogP contribution in [0.3, 0.4) is 0 Å². The Bertz CT molecular complexity index is 810. The highest BCUT2D eigenvalue weighted by Gasteiger charge is 2.06. The van der Waals surface area contributed by atoms with Gasteiger partial charge in [0.2, 0.25) is 0 Å². The number of aryl methyl sites for hydroxylation is 1. The van der Waals surface area contributed by atoms with Crippen LogP contribution in [0.4, 0.5) is 16.2 Å². The SMILES string of the molecule is COc1ccc(NC(=O)Nc2ccc3c(c2)nnn3C)cc1. The number of nitrogens with one attached hydrogen (secondary N) is 2. The molecule has 7 heteroatoms. The second kappa shape index (κ2) is 5.72. The van der Waals surface area contributed by atoms with Crippen LogP contribution >= 0.6 is 0 Å². The van der Waals surface area contributed by atoms with E-state index in [9.17, 15) is 4.79 Å². The van der Waals surface area contributed by atoms with Crippen molar-refractivity contribution < 1.29 is 9.53 Å². The molecule has 2 amide bonds. The smallest absolute Gasteiger partial charge is 0.323 e. The zero-order valence-electron chi connectivity index (χ0n) is 12.2. The number of hydrogen-bond acceptors (Lipinski definition) is 4. The Kier molecular flexibility index (Phi) is 3.61. The highest BCUT2D eigenvalue weighted by Crippen LogP contribution is 2.18. The highest BCUT2D eigenvalue weighted by molar-refractivity contribution is 6.00. The van der Waals surface area contributed by atoms with Crippen LogP contribution in [0.1, 0.15) is 0 Å². The number of carbonyl (C=O) groups excluding carboxylic acids is 1. The van der Waals surface area contributed by atoms with Gasteiger partial charge < -0.3 is 15.4 Å². The minimum absolute atomic E-state index is 0.326. The first-order valence-corrected chi connectivity index (χ1v) is 6.67. The van der Waals surface area contributed by atoms with Crippen LogP contribution in [-0.2, 0) is 7.05 Å². The molecular formula is C15H15N5O2. The molecule has 3 aromatic rings. The standard InChI is InChI=1S/C15H15N5O2/c1-20-14-8-5-11(9-13(14)18-19-20)17-15(21)16-10-3-6-12(22-2)7-4-10/h3-9H,1-2H3,(H2,16,17,21). The lowest BCUT2D eigenvalue weighted by atomic mass is 10.2. The molecule has 0 spiro atoms. The summed E-state index contributed by atoms with van der Waals surface area (Å²) in [4.78, 5) is 12.0. The summed E-state index contributed by atoms with van der Waals surface area (Å²) in [5, 5.41) is 13.5. The van der Waals surface area contributed by atoms with Gasteiger partial charge in [-0.3, -0.25) is 0 Å². The first-order valence-electron chi connectivity index (χ1n) is 6.67. The molecule has 0 unspecified atom stereocenters. The van der Waals surface area contributed by atoms with Crippen molar-refractivity contribution in [3.63, 3.8) is 0 Å². The topological polar surface area (TPSA) is 81.1 Å². The molecule has 22 heavy (non-hydrogen) atoms. The van der Waals surface area contributed by atoms with Gasteiger partial charge in [-0.25, -0.2) is 9.48 Å². The zero-order valence-corrected chi connectivity index (χ0v) is 12.2. The Morgan fingerprint density at radius 1 is 1.09 bits per heavy atom.